The Hall–Kier alpha value is -2.70. The maximum absolute atomic E-state index is 12.8. The van der Waals surface area contributed by atoms with Gasteiger partial charge in [0.25, 0.3) is 0 Å². The number of likely N-dealkylation sites (tertiary alicyclic amines) is 1. The smallest absolute Gasteiger partial charge is 0.323 e. The van der Waals surface area contributed by atoms with E-state index >= 15 is 0 Å². The van der Waals surface area contributed by atoms with Crippen molar-refractivity contribution >= 4 is 23.5 Å². The van der Waals surface area contributed by atoms with Gasteiger partial charge in [0.05, 0.1) is 17.5 Å². The highest BCUT2D eigenvalue weighted by molar-refractivity contribution is 6.10. The molecule has 0 radical (unpaired) electrons. The molecule has 3 fully saturated rings. The average Bonchev–Trinajstić information content (AvgIpc) is 3.32. The summed E-state index contributed by atoms with van der Waals surface area (Å²) in [7, 11) is 0. The lowest BCUT2D eigenvalue weighted by molar-refractivity contribution is -0.150. The zero-order valence-electron chi connectivity index (χ0n) is 14.2. The number of carbonyl (C=O) groups is 3. The van der Waals surface area contributed by atoms with E-state index in [1.165, 1.54) is 0 Å². The molecule has 2 bridgehead atoms. The molecule has 0 unspecified atom stereocenters. The normalized spacial score (nSPS) is 36.8. The summed E-state index contributed by atoms with van der Waals surface area (Å²) >= 11 is 0. The molecule has 2 aliphatic heterocycles. The van der Waals surface area contributed by atoms with E-state index in [1.807, 2.05) is 31.2 Å². The van der Waals surface area contributed by atoms with Crippen molar-refractivity contribution in [2.45, 2.75) is 19.4 Å². The molecule has 0 aromatic heterocycles. The van der Waals surface area contributed by atoms with Gasteiger partial charge in [-0.2, -0.15) is 0 Å². The fourth-order valence-electron chi connectivity index (χ4n) is 5.44. The molecule has 6 atom stereocenters. The Labute approximate surface area is 149 Å². The van der Waals surface area contributed by atoms with E-state index in [4.69, 9.17) is 9.94 Å². The van der Waals surface area contributed by atoms with Crippen LogP contribution in [0.1, 0.15) is 17.5 Å². The van der Waals surface area contributed by atoms with E-state index in [0.29, 0.717) is 0 Å². The Morgan fingerprint density at radius 1 is 1.15 bits per heavy atom. The van der Waals surface area contributed by atoms with Crippen molar-refractivity contribution in [1.29, 1.82) is 0 Å². The summed E-state index contributed by atoms with van der Waals surface area (Å²) in [5.41, 5.74) is 2.97. The van der Waals surface area contributed by atoms with Gasteiger partial charge in [0.2, 0.25) is 11.8 Å². The number of hydrogen-bond acceptors (Lipinski definition) is 5. The summed E-state index contributed by atoms with van der Waals surface area (Å²) in [5, 5.41) is 13.3. The predicted molar refractivity (Wildman–Crippen MR) is 89.0 cm³/mol. The second-order valence-electron chi connectivity index (χ2n) is 7.71. The van der Waals surface area contributed by atoms with Crippen molar-refractivity contribution in [3.63, 3.8) is 0 Å². The number of oxime groups is 1. The number of carbonyl (C=O) groups excluding carboxylic acids is 2. The minimum atomic E-state index is -1.17. The molecule has 1 saturated heterocycles. The van der Waals surface area contributed by atoms with Gasteiger partial charge >= 0.3 is 5.97 Å². The number of benzene rings is 1. The SMILES string of the molecule is Cc1ccc(C2=NO[C@H]3[C@H]4C[C@@H]([C@@H]23)[C@@H]2C(=O)N(CC(=O)O)C(=O)[C@H]42)cc1. The van der Waals surface area contributed by atoms with Crippen LogP contribution >= 0.6 is 0 Å². The van der Waals surface area contributed by atoms with Gasteiger partial charge in [0.15, 0.2) is 0 Å². The van der Waals surface area contributed by atoms with Gasteiger partial charge in [-0.05, 0) is 24.8 Å². The predicted octanol–water partition coefficient (Wildman–Crippen LogP) is 1.05. The highest BCUT2D eigenvalue weighted by Crippen LogP contribution is 2.61. The van der Waals surface area contributed by atoms with Crippen LogP contribution in [0, 0.1) is 36.5 Å². The van der Waals surface area contributed by atoms with Gasteiger partial charge in [-0.3, -0.25) is 19.3 Å². The van der Waals surface area contributed by atoms with Crippen LogP contribution in [0.5, 0.6) is 0 Å². The number of aliphatic carboxylic acids is 1. The quantitative estimate of drug-likeness (QED) is 0.819. The van der Waals surface area contributed by atoms with Gasteiger partial charge in [0.1, 0.15) is 12.6 Å². The molecule has 1 aromatic rings. The lowest BCUT2D eigenvalue weighted by atomic mass is 9.71. The van der Waals surface area contributed by atoms with E-state index < -0.39 is 24.3 Å². The number of carboxylic acid groups (broad SMARTS) is 1. The molecule has 2 aliphatic carbocycles. The second kappa shape index (κ2) is 5.16. The van der Waals surface area contributed by atoms with Gasteiger partial charge in [-0.15, -0.1) is 0 Å². The van der Waals surface area contributed by atoms with Crippen molar-refractivity contribution in [3.8, 4) is 0 Å². The highest BCUT2D eigenvalue weighted by Gasteiger charge is 2.70. The maximum Gasteiger partial charge on any atom is 0.323 e. The molecule has 7 nitrogen and oxygen atoms in total. The van der Waals surface area contributed by atoms with E-state index in [0.717, 1.165) is 28.2 Å². The van der Waals surface area contributed by atoms with Crippen molar-refractivity contribution in [1.82, 2.24) is 4.90 Å². The van der Waals surface area contributed by atoms with Crippen molar-refractivity contribution in [2.24, 2.45) is 34.7 Å². The van der Waals surface area contributed by atoms with Gasteiger partial charge < -0.3 is 9.94 Å². The Morgan fingerprint density at radius 2 is 1.81 bits per heavy atom. The molecule has 26 heavy (non-hydrogen) atoms. The van der Waals surface area contributed by atoms with Crippen molar-refractivity contribution in [3.05, 3.63) is 35.4 Å². The number of rotatable bonds is 3. The largest absolute Gasteiger partial charge is 0.480 e. The topological polar surface area (TPSA) is 96.3 Å². The molecule has 1 aromatic carbocycles. The van der Waals surface area contributed by atoms with Gasteiger partial charge in [-0.25, -0.2) is 0 Å². The summed E-state index contributed by atoms with van der Waals surface area (Å²) in [6, 6.07) is 8.03. The maximum atomic E-state index is 12.8. The number of nitrogens with zero attached hydrogens (tertiary/aromatic N) is 2. The summed E-state index contributed by atoms with van der Waals surface area (Å²) < 4.78 is 0. The summed E-state index contributed by atoms with van der Waals surface area (Å²) in [6.07, 6.45) is 0.563. The fraction of sp³-hybridized carbons (Fsp3) is 0.474. The van der Waals surface area contributed by atoms with E-state index in [1.54, 1.807) is 0 Å². The molecule has 5 rings (SSSR count). The van der Waals surface area contributed by atoms with Crippen molar-refractivity contribution < 1.29 is 24.3 Å². The van der Waals surface area contributed by atoms with Crippen LogP contribution in [0.25, 0.3) is 0 Å². The third-order valence-corrected chi connectivity index (χ3v) is 6.42. The zero-order valence-corrected chi connectivity index (χ0v) is 14.2. The number of amides is 2. The first-order valence-electron chi connectivity index (χ1n) is 8.85. The third kappa shape index (κ3) is 1.88. The summed E-state index contributed by atoms with van der Waals surface area (Å²) in [5.74, 6) is -2.87. The van der Waals surface area contributed by atoms with Gasteiger partial charge in [-0.1, -0.05) is 35.0 Å². The molecule has 1 N–H and O–H groups in total. The van der Waals surface area contributed by atoms with E-state index in [9.17, 15) is 14.4 Å². The first-order chi connectivity index (χ1) is 12.5. The molecule has 134 valence electrons. The van der Waals surface area contributed by atoms with Crippen LogP contribution in [0.4, 0.5) is 0 Å². The Kier molecular flexibility index (Phi) is 3.08. The first-order valence-corrected chi connectivity index (χ1v) is 8.85. The average molecular weight is 354 g/mol. The van der Waals surface area contributed by atoms with Crippen molar-refractivity contribution in [2.75, 3.05) is 6.54 Å². The summed E-state index contributed by atoms with van der Waals surface area (Å²) in [4.78, 5) is 43.0. The second-order valence-corrected chi connectivity index (χ2v) is 7.71. The Balaban J connectivity index is 1.47. The Morgan fingerprint density at radius 3 is 2.46 bits per heavy atom. The molecule has 2 saturated carbocycles. The minimum Gasteiger partial charge on any atom is -0.480 e. The van der Waals surface area contributed by atoms with Crippen LogP contribution in [0.15, 0.2) is 29.4 Å². The third-order valence-electron chi connectivity index (χ3n) is 6.42. The van der Waals surface area contributed by atoms with Gasteiger partial charge in [0, 0.05) is 11.8 Å². The lowest BCUT2D eigenvalue weighted by Crippen LogP contribution is -2.41. The molecule has 4 aliphatic rings. The van der Waals surface area contributed by atoms with E-state index in [2.05, 4.69) is 5.16 Å². The number of imide groups is 1. The van der Waals surface area contributed by atoms with Crippen LogP contribution in [-0.4, -0.2) is 46.2 Å². The fourth-order valence-corrected chi connectivity index (χ4v) is 5.44. The van der Waals surface area contributed by atoms with Crippen LogP contribution in [-0.2, 0) is 19.2 Å². The molecular weight excluding hydrogens is 336 g/mol. The standard InChI is InChI=1S/C19H18N2O5/c1-8-2-4-9(5-3-8)16-15-10-6-11(17(15)26-20-16)14-13(10)18(24)21(19(14)25)7-12(22)23/h2-5,10-11,13-15,17H,6-7H2,1H3,(H,22,23)/t10-,11+,13+,14-,15+,17+/m1/s1. The lowest BCUT2D eigenvalue weighted by Gasteiger charge is -2.29. The first kappa shape index (κ1) is 15.5. The highest BCUT2D eigenvalue weighted by atomic mass is 16.6. The minimum absolute atomic E-state index is 0.00881. The van der Waals surface area contributed by atoms with Crippen LogP contribution in [0.3, 0.4) is 0 Å². The number of carboxylic acids is 1. The molecular formula is C19H18N2O5. The molecule has 2 heterocycles. The number of fused-ring (bicyclic) bond motifs is 8. The number of aryl methyl sites for hydroxylation is 1. The Bertz CT molecular complexity index is 861. The molecule has 0 spiro atoms. The van der Waals surface area contributed by atoms with Crippen LogP contribution < -0.4 is 0 Å². The molecule has 2 amide bonds. The summed E-state index contributed by atoms with van der Waals surface area (Å²) in [6.45, 7) is 1.46. The monoisotopic (exact) mass is 354 g/mol. The molecule has 7 heteroatoms. The number of hydrogen-bond donors (Lipinski definition) is 1. The zero-order chi connectivity index (χ0) is 18.2. The van der Waals surface area contributed by atoms with Crippen LogP contribution in [0.2, 0.25) is 0 Å². The van der Waals surface area contributed by atoms with E-state index in [-0.39, 0.29) is 35.7 Å².